The smallest absolute Gasteiger partial charge is 0.304 e. The largest absolute Gasteiger partial charge is 0.495 e. The Morgan fingerprint density at radius 1 is 1.27 bits per heavy atom. The molecule has 15 heavy (non-hydrogen) atoms. The zero-order valence-corrected chi connectivity index (χ0v) is 7.47. The van der Waals surface area contributed by atoms with Crippen molar-refractivity contribution in [3.63, 3.8) is 0 Å². The average molecular weight is 227 g/mol. The van der Waals surface area contributed by atoms with Crippen LogP contribution in [0, 0.1) is 0 Å². The minimum atomic E-state index is -5.16. The Hall–Kier alpha value is -1.31. The fourth-order valence-electron chi connectivity index (χ4n) is 1.07. The zero-order valence-electron chi connectivity index (χ0n) is 7.47. The lowest BCUT2D eigenvalue weighted by atomic mass is 10.2. The van der Waals surface area contributed by atoms with Gasteiger partial charge in [0.25, 0.3) is 0 Å². The Balaban J connectivity index is 2.30. The highest BCUT2D eigenvalue weighted by molar-refractivity contribution is 5.79. The maximum absolute atomic E-state index is 11.6. The van der Waals surface area contributed by atoms with Gasteiger partial charge < -0.3 is 5.32 Å². The second kappa shape index (κ2) is 4.47. The molecule has 1 N–H and O–H groups in total. The van der Waals surface area contributed by atoms with Crippen molar-refractivity contribution < 1.29 is 32.5 Å². The van der Waals surface area contributed by atoms with E-state index in [1.807, 2.05) is 0 Å². The van der Waals surface area contributed by atoms with Crippen molar-refractivity contribution in [1.29, 1.82) is 0 Å². The van der Waals surface area contributed by atoms with E-state index in [9.17, 15) is 22.8 Å². The molecule has 1 atom stereocenters. The van der Waals surface area contributed by atoms with Gasteiger partial charge in [0, 0.05) is 0 Å². The van der Waals surface area contributed by atoms with Crippen molar-refractivity contribution >= 4 is 11.9 Å². The molecule has 1 rings (SSSR count). The first-order valence-corrected chi connectivity index (χ1v) is 4.14. The van der Waals surface area contributed by atoms with Gasteiger partial charge in [-0.1, -0.05) is 0 Å². The molecule has 5 nitrogen and oxygen atoms in total. The van der Waals surface area contributed by atoms with Crippen LogP contribution in [0.25, 0.3) is 0 Å². The molecule has 0 spiro atoms. The summed E-state index contributed by atoms with van der Waals surface area (Å²) in [5, 5.41) is 2.67. The highest BCUT2D eigenvalue weighted by atomic mass is 19.4. The molecule has 1 saturated heterocycles. The number of halogens is 3. The van der Waals surface area contributed by atoms with Crippen LogP contribution in [-0.4, -0.2) is 30.7 Å². The van der Waals surface area contributed by atoms with E-state index in [0.717, 1.165) is 0 Å². The zero-order chi connectivity index (χ0) is 11.5. The maximum atomic E-state index is 11.6. The van der Waals surface area contributed by atoms with Gasteiger partial charge in [0.05, 0.1) is 0 Å². The summed E-state index contributed by atoms with van der Waals surface area (Å²) < 4.78 is 34.8. The second-order valence-corrected chi connectivity index (χ2v) is 2.92. The lowest BCUT2D eigenvalue weighted by Gasteiger charge is -2.08. The number of rotatable bonds is 1. The molecule has 0 aliphatic carbocycles. The van der Waals surface area contributed by atoms with Crippen LogP contribution in [0.4, 0.5) is 13.2 Å². The molecule has 0 amide bonds. The van der Waals surface area contributed by atoms with Gasteiger partial charge in [-0.3, -0.25) is 0 Å². The Labute approximate surface area is 82.4 Å². The van der Waals surface area contributed by atoms with Gasteiger partial charge in [-0.15, -0.1) is 0 Å². The Morgan fingerprint density at radius 3 is 2.40 bits per heavy atom. The van der Waals surface area contributed by atoms with Gasteiger partial charge in [0.2, 0.25) is 0 Å². The van der Waals surface area contributed by atoms with Gasteiger partial charge >= 0.3 is 18.1 Å². The summed E-state index contributed by atoms with van der Waals surface area (Å²) in [5.41, 5.74) is 0. The van der Waals surface area contributed by atoms with E-state index < -0.39 is 24.2 Å². The number of carbonyl (C=O) groups is 2. The lowest BCUT2D eigenvalue weighted by molar-refractivity contribution is -0.286. The average Bonchev–Trinajstić information content (AvgIpc) is 2.64. The van der Waals surface area contributed by atoms with Gasteiger partial charge in [0.15, 0.2) is 0 Å². The third kappa shape index (κ3) is 3.39. The molecule has 0 saturated carbocycles. The summed E-state index contributed by atoms with van der Waals surface area (Å²) in [6.45, 7) is 0.576. The quantitative estimate of drug-likeness (QED) is 0.515. The van der Waals surface area contributed by atoms with Crippen LogP contribution in [0.2, 0.25) is 0 Å². The SMILES string of the molecule is O=C(OOC(=O)C(F)(F)F)C1CCCN1. The van der Waals surface area contributed by atoms with Crippen LogP contribution in [0.3, 0.4) is 0 Å². The number of carbonyl (C=O) groups excluding carboxylic acids is 2. The van der Waals surface area contributed by atoms with Crippen molar-refractivity contribution in [2.24, 2.45) is 0 Å². The highest BCUT2D eigenvalue weighted by Crippen LogP contribution is 2.17. The Morgan fingerprint density at radius 2 is 1.93 bits per heavy atom. The predicted octanol–water partition coefficient (Wildman–Crippen LogP) is 0.302. The lowest BCUT2D eigenvalue weighted by Crippen LogP contribution is -2.34. The van der Waals surface area contributed by atoms with Gasteiger partial charge in [0.1, 0.15) is 6.04 Å². The number of nitrogens with one attached hydrogen (secondary N) is 1. The molecule has 8 heteroatoms. The van der Waals surface area contributed by atoms with Crippen LogP contribution in [0.1, 0.15) is 12.8 Å². The van der Waals surface area contributed by atoms with E-state index in [2.05, 4.69) is 15.1 Å². The molecule has 0 aromatic heterocycles. The Bertz CT molecular complexity index is 259. The van der Waals surface area contributed by atoms with Crippen LogP contribution in [0.15, 0.2) is 0 Å². The van der Waals surface area contributed by atoms with E-state index >= 15 is 0 Å². The highest BCUT2D eigenvalue weighted by Gasteiger charge is 2.43. The van der Waals surface area contributed by atoms with E-state index in [4.69, 9.17) is 0 Å². The van der Waals surface area contributed by atoms with E-state index in [0.29, 0.717) is 19.4 Å². The van der Waals surface area contributed by atoms with Crippen LogP contribution >= 0.6 is 0 Å². The fourth-order valence-corrected chi connectivity index (χ4v) is 1.07. The molecule has 0 aromatic carbocycles. The number of alkyl halides is 3. The second-order valence-electron chi connectivity index (χ2n) is 2.92. The third-order valence-electron chi connectivity index (χ3n) is 1.78. The van der Waals surface area contributed by atoms with Crippen LogP contribution in [-0.2, 0) is 19.4 Å². The summed E-state index contributed by atoms with van der Waals surface area (Å²) in [6, 6.07) is -0.703. The van der Waals surface area contributed by atoms with Crippen molar-refractivity contribution in [2.45, 2.75) is 25.1 Å². The molecule has 1 aliphatic rings. The third-order valence-corrected chi connectivity index (χ3v) is 1.78. The first-order chi connectivity index (χ1) is 6.91. The van der Waals surface area contributed by atoms with Crippen molar-refractivity contribution in [3.05, 3.63) is 0 Å². The predicted molar refractivity (Wildman–Crippen MR) is 39.3 cm³/mol. The first-order valence-electron chi connectivity index (χ1n) is 4.14. The molecular formula is C7H8F3NO4. The summed E-state index contributed by atoms with van der Waals surface area (Å²) in [7, 11) is 0. The molecule has 0 aromatic rings. The Kier molecular flexibility index (Phi) is 3.51. The van der Waals surface area contributed by atoms with Gasteiger partial charge in [-0.05, 0) is 19.4 Å². The molecular weight excluding hydrogens is 219 g/mol. The van der Waals surface area contributed by atoms with E-state index in [1.54, 1.807) is 0 Å². The molecule has 1 heterocycles. The summed E-state index contributed by atoms with van der Waals surface area (Å²) in [4.78, 5) is 28.2. The van der Waals surface area contributed by atoms with Crippen molar-refractivity contribution in [2.75, 3.05) is 6.54 Å². The van der Waals surface area contributed by atoms with Crippen molar-refractivity contribution in [3.8, 4) is 0 Å². The molecule has 1 fully saturated rings. The molecule has 0 radical (unpaired) electrons. The molecule has 0 bridgehead atoms. The van der Waals surface area contributed by atoms with Gasteiger partial charge in [-0.2, -0.15) is 13.2 Å². The number of hydrogen-bond donors (Lipinski definition) is 1. The monoisotopic (exact) mass is 227 g/mol. The minimum absolute atomic E-state index is 0.447. The normalized spacial score (nSPS) is 21.1. The van der Waals surface area contributed by atoms with Crippen molar-refractivity contribution in [1.82, 2.24) is 5.32 Å². The first kappa shape index (κ1) is 11.8. The van der Waals surface area contributed by atoms with Gasteiger partial charge in [-0.25, -0.2) is 19.4 Å². The molecule has 1 aliphatic heterocycles. The summed E-state index contributed by atoms with van der Waals surface area (Å²) in [6.07, 6.45) is -4.00. The maximum Gasteiger partial charge on any atom is 0.495 e. The fraction of sp³-hybridized carbons (Fsp3) is 0.714. The van der Waals surface area contributed by atoms with Crippen LogP contribution < -0.4 is 5.32 Å². The molecule has 1 unspecified atom stereocenters. The van der Waals surface area contributed by atoms with E-state index in [-0.39, 0.29) is 0 Å². The standard InChI is InChI=1S/C7H8F3NO4/c8-7(9,10)6(13)15-14-5(12)4-2-1-3-11-4/h4,11H,1-3H2. The summed E-state index contributed by atoms with van der Waals surface area (Å²) in [5.74, 6) is -3.57. The van der Waals surface area contributed by atoms with Crippen LogP contribution in [0.5, 0.6) is 0 Å². The summed E-state index contributed by atoms with van der Waals surface area (Å²) >= 11 is 0. The minimum Gasteiger partial charge on any atom is -0.304 e. The molecule has 86 valence electrons. The topological polar surface area (TPSA) is 64.6 Å². The number of hydrogen-bond acceptors (Lipinski definition) is 5. The van der Waals surface area contributed by atoms with E-state index in [1.165, 1.54) is 0 Å².